The lowest BCUT2D eigenvalue weighted by Crippen LogP contribution is -1.97. The second-order valence-electron chi connectivity index (χ2n) is 2.56. The summed E-state index contributed by atoms with van der Waals surface area (Å²) in [4.78, 5) is 0.529. The molecule has 0 spiro atoms. The Balaban J connectivity index is 3.42. The molecule has 0 saturated carbocycles. The first-order chi connectivity index (χ1) is 5.97. The average molecular weight is 238 g/mol. The second kappa shape index (κ2) is 3.86. The fraction of sp³-hybridized carbons (Fsp3) is 0.250. The van der Waals surface area contributed by atoms with E-state index in [1.54, 1.807) is 24.5 Å². The van der Waals surface area contributed by atoms with Crippen LogP contribution in [0.15, 0.2) is 27.5 Å². The van der Waals surface area contributed by atoms with E-state index < -0.39 is 9.73 Å². The van der Waals surface area contributed by atoms with Gasteiger partial charge in [0, 0.05) is 18.3 Å². The van der Waals surface area contributed by atoms with Crippen LogP contribution < -0.4 is 0 Å². The van der Waals surface area contributed by atoms with Gasteiger partial charge in [-0.2, -0.15) is 0 Å². The highest BCUT2D eigenvalue weighted by molar-refractivity contribution is 7.93. The number of nitrogens with zero attached hydrogens (tertiary/aromatic N) is 1. The molecule has 0 bridgehead atoms. The molecular formula is C8H9Cl2NOS. The minimum absolute atomic E-state index is 0.394. The van der Waals surface area contributed by atoms with E-state index >= 15 is 0 Å². The number of benzene rings is 1. The van der Waals surface area contributed by atoms with Crippen LogP contribution in [0.25, 0.3) is 0 Å². The summed E-state index contributed by atoms with van der Waals surface area (Å²) in [5.41, 5.74) is 0. The Morgan fingerprint density at radius 2 is 2.00 bits per heavy atom. The van der Waals surface area contributed by atoms with Crippen LogP contribution in [0.3, 0.4) is 0 Å². The third-order valence-corrected chi connectivity index (χ3v) is 4.18. The Labute approximate surface area is 88.0 Å². The van der Waals surface area contributed by atoms with Gasteiger partial charge in [0.1, 0.15) is 0 Å². The molecule has 72 valence electrons. The van der Waals surface area contributed by atoms with Gasteiger partial charge in [0.05, 0.1) is 19.6 Å². The molecule has 1 rings (SSSR count). The molecule has 0 fully saturated rings. The van der Waals surface area contributed by atoms with Gasteiger partial charge in [-0.1, -0.05) is 23.2 Å². The van der Waals surface area contributed by atoms with Crippen molar-refractivity contribution in [3.8, 4) is 0 Å². The van der Waals surface area contributed by atoms with Crippen LogP contribution in [-0.4, -0.2) is 17.5 Å². The van der Waals surface area contributed by atoms with Gasteiger partial charge in [0.15, 0.2) is 0 Å². The van der Waals surface area contributed by atoms with Crippen LogP contribution in [0.5, 0.6) is 0 Å². The minimum atomic E-state index is -2.36. The summed E-state index contributed by atoms with van der Waals surface area (Å²) in [6.07, 6.45) is 1.54. The first kappa shape index (κ1) is 10.8. The molecule has 0 amide bonds. The molecule has 1 aromatic carbocycles. The maximum absolute atomic E-state index is 11.8. The number of rotatable bonds is 1. The zero-order chi connectivity index (χ0) is 10.1. The van der Waals surface area contributed by atoms with E-state index in [9.17, 15) is 4.21 Å². The molecule has 13 heavy (non-hydrogen) atoms. The van der Waals surface area contributed by atoms with Gasteiger partial charge in [-0.05, 0) is 18.2 Å². The lowest BCUT2D eigenvalue weighted by Gasteiger charge is -2.05. The zero-order valence-electron chi connectivity index (χ0n) is 7.25. The Morgan fingerprint density at radius 3 is 2.46 bits per heavy atom. The van der Waals surface area contributed by atoms with Crippen LogP contribution in [-0.2, 0) is 9.73 Å². The summed E-state index contributed by atoms with van der Waals surface area (Å²) >= 11 is 11.6. The molecule has 0 aliphatic rings. The monoisotopic (exact) mass is 237 g/mol. The highest BCUT2D eigenvalue weighted by Crippen LogP contribution is 2.25. The Hall–Kier alpha value is -0.250. The highest BCUT2D eigenvalue weighted by Gasteiger charge is 2.09. The molecule has 5 heteroatoms. The van der Waals surface area contributed by atoms with Crippen LogP contribution >= 0.6 is 23.2 Å². The number of halogens is 2. The Bertz CT molecular complexity index is 436. The van der Waals surface area contributed by atoms with Gasteiger partial charge in [0.2, 0.25) is 0 Å². The van der Waals surface area contributed by atoms with Crippen molar-refractivity contribution in [2.45, 2.75) is 4.90 Å². The summed E-state index contributed by atoms with van der Waals surface area (Å²) in [5.74, 6) is 0. The number of hydrogen-bond donors (Lipinski definition) is 0. The smallest absolute Gasteiger partial charge is 0.0735 e. The van der Waals surface area contributed by atoms with Crippen molar-refractivity contribution in [1.82, 2.24) is 0 Å². The van der Waals surface area contributed by atoms with E-state index in [1.807, 2.05) is 0 Å². The van der Waals surface area contributed by atoms with Crippen molar-refractivity contribution in [2.75, 3.05) is 13.3 Å². The van der Waals surface area contributed by atoms with Crippen molar-refractivity contribution >= 4 is 32.9 Å². The molecule has 0 heterocycles. The fourth-order valence-electron chi connectivity index (χ4n) is 0.881. The van der Waals surface area contributed by atoms with Gasteiger partial charge in [-0.25, -0.2) is 8.57 Å². The highest BCUT2D eigenvalue weighted by atomic mass is 35.5. The molecule has 1 aromatic rings. The maximum Gasteiger partial charge on any atom is 0.0735 e. The van der Waals surface area contributed by atoms with Crippen LogP contribution in [0.4, 0.5) is 0 Å². The minimum Gasteiger partial charge on any atom is -0.245 e. The standard InChI is InChI=1S/C8H9Cl2NOS/c1-11-13(2,12)8-4-3-6(9)5-7(8)10/h3-5H,1-2H3/t13-/m1/s1. The third-order valence-electron chi connectivity index (χ3n) is 1.65. The van der Waals surface area contributed by atoms with E-state index in [0.717, 1.165) is 0 Å². The predicted octanol–water partition coefficient (Wildman–Crippen LogP) is 3.08. The summed E-state index contributed by atoms with van der Waals surface area (Å²) in [5, 5.41) is 0.922. The molecule has 2 nitrogen and oxygen atoms in total. The van der Waals surface area contributed by atoms with E-state index in [1.165, 1.54) is 7.05 Å². The Morgan fingerprint density at radius 1 is 1.38 bits per heavy atom. The van der Waals surface area contributed by atoms with Crippen LogP contribution in [0.2, 0.25) is 10.0 Å². The van der Waals surface area contributed by atoms with E-state index in [4.69, 9.17) is 23.2 Å². The average Bonchev–Trinajstić information content (AvgIpc) is 2.03. The number of hydrogen-bond acceptors (Lipinski definition) is 2. The summed E-state index contributed by atoms with van der Waals surface area (Å²) in [6.45, 7) is 0. The van der Waals surface area contributed by atoms with Crippen molar-refractivity contribution < 1.29 is 4.21 Å². The van der Waals surface area contributed by atoms with E-state index in [-0.39, 0.29) is 0 Å². The van der Waals surface area contributed by atoms with Gasteiger partial charge < -0.3 is 0 Å². The van der Waals surface area contributed by atoms with Gasteiger partial charge >= 0.3 is 0 Å². The fourth-order valence-corrected chi connectivity index (χ4v) is 2.66. The van der Waals surface area contributed by atoms with Crippen molar-refractivity contribution in [3.63, 3.8) is 0 Å². The maximum atomic E-state index is 11.8. The summed E-state index contributed by atoms with van der Waals surface area (Å²) in [7, 11) is -0.854. The molecule has 0 unspecified atom stereocenters. The van der Waals surface area contributed by atoms with Crippen LogP contribution in [0.1, 0.15) is 0 Å². The molecule has 0 aromatic heterocycles. The molecule has 0 saturated heterocycles. The second-order valence-corrected chi connectivity index (χ2v) is 5.81. The van der Waals surface area contributed by atoms with Crippen molar-refractivity contribution in [3.05, 3.63) is 28.2 Å². The summed E-state index contributed by atoms with van der Waals surface area (Å²) < 4.78 is 15.6. The predicted molar refractivity (Wildman–Crippen MR) is 57.1 cm³/mol. The summed E-state index contributed by atoms with van der Waals surface area (Å²) in [6, 6.07) is 4.85. The van der Waals surface area contributed by atoms with Crippen molar-refractivity contribution in [1.29, 1.82) is 0 Å². The SMILES string of the molecule is CN=[S@](C)(=O)c1ccc(Cl)cc1Cl. The van der Waals surface area contributed by atoms with Gasteiger partial charge in [-0.15, -0.1) is 0 Å². The molecule has 0 aliphatic carbocycles. The lowest BCUT2D eigenvalue weighted by atomic mass is 10.4. The van der Waals surface area contributed by atoms with Crippen molar-refractivity contribution in [2.24, 2.45) is 4.36 Å². The molecular weight excluding hydrogens is 229 g/mol. The molecule has 0 radical (unpaired) electrons. The van der Waals surface area contributed by atoms with Gasteiger partial charge in [-0.3, -0.25) is 0 Å². The lowest BCUT2D eigenvalue weighted by molar-refractivity contribution is 0.680. The Kier molecular flexibility index (Phi) is 3.22. The van der Waals surface area contributed by atoms with Gasteiger partial charge in [0.25, 0.3) is 0 Å². The normalized spacial score (nSPS) is 15.1. The quantitative estimate of drug-likeness (QED) is 0.739. The molecule has 0 N–H and O–H groups in total. The first-order valence-corrected chi connectivity index (χ1v) is 6.20. The zero-order valence-corrected chi connectivity index (χ0v) is 9.58. The van der Waals surface area contributed by atoms with E-state index in [0.29, 0.717) is 14.9 Å². The largest absolute Gasteiger partial charge is 0.245 e. The molecule has 0 aliphatic heterocycles. The van der Waals surface area contributed by atoms with E-state index in [2.05, 4.69) is 4.36 Å². The third kappa shape index (κ3) is 2.36. The first-order valence-electron chi connectivity index (χ1n) is 3.52. The topological polar surface area (TPSA) is 29.4 Å². The van der Waals surface area contributed by atoms with Crippen LogP contribution in [0, 0.1) is 0 Å². The molecule has 1 atom stereocenters.